The van der Waals surface area contributed by atoms with Crippen LogP contribution in [-0.4, -0.2) is 24.3 Å². The number of ether oxygens (including phenoxy) is 1. The zero-order valence-electron chi connectivity index (χ0n) is 12.1. The van der Waals surface area contributed by atoms with E-state index >= 15 is 0 Å². The van der Waals surface area contributed by atoms with Crippen molar-refractivity contribution in [2.75, 3.05) is 7.11 Å². The predicted octanol–water partition coefficient (Wildman–Crippen LogP) is 3.24. The summed E-state index contributed by atoms with van der Waals surface area (Å²) in [4.78, 5) is 11.9. The molecule has 0 aliphatic rings. The topological polar surface area (TPSA) is 70.9 Å². The molecule has 5 nitrogen and oxygen atoms in total. The molecule has 0 heterocycles. The van der Waals surface area contributed by atoms with Crippen molar-refractivity contribution in [2.24, 2.45) is 5.10 Å². The Labute approximate surface area is 136 Å². The molecule has 0 radical (unpaired) electrons. The van der Waals surface area contributed by atoms with Crippen LogP contribution in [0.25, 0.3) is 0 Å². The van der Waals surface area contributed by atoms with E-state index in [2.05, 4.69) is 26.5 Å². The van der Waals surface area contributed by atoms with Gasteiger partial charge in [-0.3, -0.25) is 4.79 Å². The molecule has 2 aromatic rings. The molecule has 0 saturated heterocycles. The first-order valence-corrected chi connectivity index (χ1v) is 7.27. The number of halogens is 1. The molecule has 0 atom stereocenters. The summed E-state index contributed by atoms with van der Waals surface area (Å²) >= 11 is 3.31. The first kappa shape index (κ1) is 16.0. The quantitative estimate of drug-likeness (QED) is 0.647. The summed E-state index contributed by atoms with van der Waals surface area (Å²) in [5.74, 6) is -0.0441. The predicted molar refractivity (Wildman–Crippen MR) is 88.6 cm³/mol. The Hall–Kier alpha value is -2.34. The van der Waals surface area contributed by atoms with Crippen molar-refractivity contribution in [3.63, 3.8) is 0 Å². The third-order valence-electron chi connectivity index (χ3n) is 2.97. The Morgan fingerprint density at radius 1 is 1.32 bits per heavy atom. The molecular formula is C16H15BrN2O3. The smallest absolute Gasteiger partial charge is 0.271 e. The highest BCUT2D eigenvalue weighted by Gasteiger charge is 2.08. The minimum atomic E-state index is -0.322. The second-order valence-corrected chi connectivity index (χ2v) is 5.53. The van der Waals surface area contributed by atoms with E-state index in [1.807, 2.05) is 19.1 Å². The van der Waals surface area contributed by atoms with Crippen LogP contribution >= 0.6 is 15.9 Å². The largest absolute Gasteiger partial charge is 0.504 e. The summed E-state index contributed by atoms with van der Waals surface area (Å²) in [6.07, 6.45) is 1.36. The molecule has 0 spiro atoms. The van der Waals surface area contributed by atoms with Crippen molar-refractivity contribution in [3.05, 3.63) is 57.6 Å². The second kappa shape index (κ2) is 7.09. The molecular weight excluding hydrogens is 348 g/mol. The van der Waals surface area contributed by atoms with Crippen LogP contribution in [0.15, 0.2) is 46.0 Å². The normalized spacial score (nSPS) is 10.7. The zero-order chi connectivity index (χ0) is 16.1. The highest BCUT2D eigenvalue weighted by atomic mass is 79.9. The number of phenolic OH excluding ortho intramolecular Hbond substituents is 1. The third-order valence-corrected chi connectivity index (χ3v) is 3.43. The van der Waals surface area contributed by atoms with Gasteiger partial charge >= 0.3 is 0 Å². The lowest BCUT2D eigenvalue weighted by atomic mass is 10.1. The van der Waals surface area contributed by atoms with Crippen LogP contribution in [0.4, 0.5) is 0 Å². The Bertz CT molecular complexity index is 712. The van der Waals surface area contributed by atoms with Gasteiger partial charge in [-0.05, 0) is 31.2 Å². The van der Waals surface area contributed by atoms with Crippen LogP contribution in [0, 0.1) is 6.92 Å². The standard InChI is InChI=1S/C16H15BrN2O3/c1-10-3-5-11(6-4-10)16(21)19-18-9-12-7-13(17)8-14(22-2)15(12)20/h3-9,20H,1-2H3,(H,19,21). The molecule has 1 amide bonds. The van der Waals surface area contributed by atoms with E-state index < -0.39 is 0 Å². The molecule has 2 aromatic carbocycles. The van der Waals surface area contributed by atoms with E-state index in [4.69, 9.17) is 4.74 Å². The van der Waals surface area contributed by atoms with Crippen molar-refractivity contribution in [1.82, 2.24) is 5.43 Å². The van der Waals surface area contributed by atoms with Crippen molar-refractivity contribution < 1.29 is 14.6 Å². The lowest BCUT2D eigenvalue weighted by Crippen LogP contribution is -2.17. The number of nitrogens with zero attached hydrogens (tertiary/aromatic N) is 1. The first-order valence-electron chi connectivity index (χ1n) is 6.48. The van der Waals surface area contributed by atoms with Crippen molar-refractivity contribution in [3.8, 4) is 11.5 Å². The van der Waals surface area contributed by atoms with Gasteiger partial charge in [0, 0.05) is 15.6 Å². The van der Waals surface area contributed by atoms with E-state index in [1.165, 1.54) is 13.3 Å². The SMILES string of the molecule is COc1cc(Br)cc(C=NNC(=O)c2ccc(C)cc2)c1O. The monoisotopic (exact) mass is 362 g/mol. The molecule has 0 unspecified atom stereocenters. The van der Waals surface area contributed by atoms with Gasteiger partial charge in [-0.2, -0.15) is 5.10 Å². The number of amides is 1. The number of aromatic hydroxyl groups is 1. The van der Waals surface area contributed by atoms with E-state index in [1.54, 1.807) is 24.3 Å². The van der Waals surface area contributed by atoms with E-state index in [0.717, 1.165) is 10.0 Å². The summed E-state index contributed by atoms with van der Waals surface area (Å²) in [5.41, 5.74) is 4.43. The molecule has 0 fully saturated rings. The van der Waals surface area contributed by atoms with Crippen LogP contribution in [-0.2, 0) is 0 Å². The number of hydrogen-bond donors (Lipinski definition) is 2. The molecule has 114 valence electrons. The van der Waals surface area contributed by atoms with Gasteiger partial charge in [0.25, 0.3) is 5.91 Å². The highest BCUT2D eigenvalue weighted by molar-refractivity contribution is 9.10. The van der Waals surface area contributed by atoms with Gasteiger partial charge in [-0.15, -0.1) is 0 Å². The van der Waals surface area contributed by atoms with Gasteiger partial charge in [-0.25, -0.2) is 5.43 Å². The number of aryl methyl sites for hydroxylation is 1. The van der Waals surface area contributed by atoms with Gasteiger partial charge in [0.1, 0.15) is 0 Å². The molecule has 2 N–H and O–H groups in total. The number of rotatable bonds is 4. The Morgan fingerprint density at radius 3 is 2.64 bits per heavy atom. The summed E-state index contributed by atoms with van der Waals surface area (Å²) in [5, 5.41) is 13.8. The number of nitrogens with one attached hydrogen (secondary N) is 1. The van der Waals surface area contributed by atoms with Gasteiger partial charge in [-0.1, -0.05) is 33.6 Å². The minimum absolute atomic E-state index is 0.0426. The molecule has 0 saturated carbocycles. The van der Waals surface area contributed by atoms with Crippen LogP contribution in [0.2, 0.25) is 0 Å². The van der Waals surface area contributed by atoms with Gasteiger partial charge < -0.3 is 9.84 Å². The van der Waals surface area contributed by atoms with Gasteiger partial charge in [0.05, 0.1) is 13.3 Å². The molecule has 22 heavy (non-hydrogen) atoms. The number of methoxy groups -OCH3 is 1. The van der Waals surface area contributed by atoms with E-state index in [-0.39, 0.29) is 11.7 Å². The highest BCUT2D eigenvalue weighted by Crippen LogP contribution is 2.32. The Kier molecular flexibility index (Phi) is 5.16. The molecule has 0 aliphatic carbocycles. The third kappa shape index (κ3) is 3.85. The molecule has 0 aromatic heterocycles. The van der Waals surface area contributed by atoms with Crippen molar-refractivity contribution in [2.45, 2.75) is 6.92 Å². The van der Waals surface area contributed by atoms with Gasteiger partial charge in [0.2, 0.25) is 0 Å². The number of carbonyl (C=O) groups is 1. The summed E-state index contributed by atoms with van der Waals surface area (Å²) in [6, 6.07) is 10.4. The maximum absolute atomic E-state index is 11.9. The van der Waals surface area contributed by atoms with Crippen molar-refractivity contribution in [1.29, 1.82) is 0 Å². The average Bonchev–Trinajstić information content (AvgIpc) is 2.50. The Morgan fingerprint density at radius 2 is 2.00 bits per heavy atom. The maximum Gasteiger partial charge on any atom is 0.271 e. The van der Waals surface area contributed by atoms with E-state index in [9.17, 15) is 9.90 Å². The second-order valence-electron chi connectivity index (χ2n) is 4.61. The lowest BCUT2D eigenvalue weighted by molar-refractivity contribution is 0.0955. The summed E-state index contributed by atoms with van der Waals surface area (Å²) < 4.78 is 5.78. The van der Waals surface area contributed by atoms with Crippen molar-refractivity contribution >= 4 is 28.1 Å². The lowest BCUT2D eigenvalue weighted by Gasteiger charge is -2.06. The minimum Gasteiger partial charge on any atom is -0.504 e. The number of hydrogen-bond acceptors (Lipinski definition) is 4. The van der Waals surface area contributed by atoms with Crippen LogP contribution in [0.5, 0.6) is 11.5 Å². The number of benzene rings is 2. The fraction of sp³-hybridized carbons (Fsp3) is 0.125. The van der Waals surface area contributed by atoms with Crippen LogP contribution in [0.1, 0.15) is 21.5 Å². The molecule has 0 aliphatic heterocycles. The molecule has 6 heteroatoms. The summed E-state index contributed by atoms with van der Waals surface area (Å²) in [6.45, 7) is 1.95. The zero-order valence-corrected chi connectivity index (χ0v) is 13.7. The maximum atomic E-state index is 11.9. The first-order chi connectivity index (χ1) is 10.5. The van der Waals surface area contributed by atoms with Crippen LogP contribution in [0.3, 0.4) is 0 Å². The fourth-order valence-electron chi connectivity index (χ4n) is 1.78. The Balaban J connectivity index is 2.11. The molecule has 0 bridgehead atoms. The average molecular weight is 363 g/mol. The number of phenols is 1. The fourth-order valence-corrected chi connectivity index (χ4v) is 2.23. The number of hydrazone groups is 1. The van der Waals surface area contributed by atoms with Gasteiger partial charge in [0.15, 0.2) is 11.5 Å². The number of carbonyl (C=O) groups excluding carboxylic acids is 1. The van der Waals surface area contributed by atoms with Crippen LogP contribution < -0.4 is 10.2 Å². The summed E-state index contributed by atoms with van der Waals surface area (Å²) in [7, 11) is 1.46. The van der Waals surface area contributed by atoms with E-state index in [0.29, 0.717) is 16.9 Å². The molecule has 2 rings (SSSR count).